The maximum atomic E-state index is 11.9. The molecule has 0 aliphatic heterocycles. The third kappa shape index (κ3) is 5.63. The summed E-state index contributed by atoms with van der Waals surface area (Å²) in [5.41, 5.74) is 2.43. The first-order valence-corrected chi connectivity index (χ1v) is 8.40. The Morgan fingerprint density at radius 3 is 2.76 bits per heavy atom. The highest BCUT2D eigenvalue weighted by atomic mass is 32.1. The lowest BCUT2D eigenvalue weighted by molar-refractivity contribution is 0.0497. The molecule has 1 heterocycles. The van der Waals surface area contributed by atoms with Crippen LogP contribution >= 0.6 is 11.3 Å². The Morgan fingerprint density at radius 1 is 1.52 bits per heavy atom. The summed E-state index contributed by atoms with van der Waals surface area (Å²) in [6.07, 6.45) is 2.02. The molecule has 0 aromatic carbocycles. The highest BCUT2D eigenvalue weighted by Gasteiger charge is 2.33. The van der Waals surface area contributed by atoms with Crippen molar-refractivity contribution in [2.45, 2.75) is 58.2 Å². The third-order valence-corrected chi connectivity index (χ3v) is 4.04. The van der Waals surface area contributed by atoms with E-state index in [1.807, 2.05) is 31.7 Å². The summed E-state index contributed by atoms with van der Waals surface area (Å²) >= 11 is 1.60. The summed E-state index contributed by atoms with van der Waals surface area (Å²) in [7, 11) is 0. The van der Waals surface area contributed by atoms with Crippen LogP contribution in [0.5, 0.6) is 0 Å². The lowest BCUT2D eigenvalue weighted by Crippen LogP contribution is -2.46. The number of rotatable bonds is 6. The number of nitrogens with zero attached hydrogens (tertiary/aromatic N) is 1. The smallest absolute Gasteiger partial charge is 0.407 e. The monoisotopic (exact) mass is 311 g/mol. The Labute approximate surface area is 130 Å². The lowest BCUT2D eigenvalue weighted by atomic mass is 10.1. The summed E-state index contributed by atoms with van der Waals surface area (Å²) in [6, 6.07) is 0.318. The second-order valence-electron chi connectivity index (χ2n) is 6.63. The van der Waals surface area contributed by atoms with Crippen LogP contribution in [0.25, 0.3) is 0 Å². The number of hydrogen-bond acceptors (Lipinski definition) is 5. The van der Waals surface area contributed by atoms with E-state index in [2.05, 4.69) is 22.5 Å². The van der Waals surface area contributed by atoms with Crippen LogP contribution in [0.2, 0.25) is 0 Å². The molecule has 1 amide bonds. The fraction of sp³-hybridized carbons (Fsp3) is 0.733. The summed E-state index contributed by atoms with van der Waals surface area (Å²) in [6.45, 7) is 8.46. The Kier molecular flexibility index (Phi) is 5.22. The van der Waals surface area contributed by atoms with E-state index < -0.39 is 5.60 Å². The molecule has 0 bridgehead atoms. The van der Waals surface area contributed by atoms with Crippen LogP contribution in [-0.2, 0) is 4.74 Å². The minimum atomic E-state index is -0.459. The SMILES string of the molecule is CC(NCC(NC(=O)OC(C)(C)C)C1CC1)c1cscn1. The van der Waals surface area contributed by atoms with Crippen molar-refractivity contribution in [3.05, 3.63) is 16.6 Å². The molecular formula is C15H25N3O2S. The van der Waals surface area contributed by atoms with Crippen molar-refractivity contribution < 1.29 is 9.53 Å². The Bertz CT molecular complexity index is 452. The van der Waals surface area contributed by atoms with E-state index in [0.29, 0.717) is 5.92 Å². The second kappa shape index (κ2) is 6.75. The van der Waals surface area contributed by atoms with E-state index in [9.17, 15) is 4.79 Å². The summed E-state index contributed by atoms with van der Waals surface area (Å²) in [4.78, 5) is 16.2. The van der Waals surface area contributed by atoms with E-state index >= 15 is 0 Å². The van der Waals surface area contributed by atoms with Crippen molar-refractivity contribution in [1.82, 2.24) is 15.6 Å². The predicted molar refractivity (Wildman–Crippen MR) is 84.4 cm³/mol. The van der Waals surface area contributed by atoms with Crippen molar-refractivity contribution in [2.24, 2.45) is 5.92 Å². The molecule has 21 heavy (non-hydrogen) atoms. The van der Waals surface area contributed by atoms with Crippen molar-refractivity contribution in [3.8, 4) is 0 Å². The zero-order chi connectivity index (χ0) is 15.5. The molecule has 1 fully saturated rings. The Morgan fingerprint density at radius 2 is 2.24 bits per heavy atom. The van der Waals surface area contributed by atoms with Gasteiger partial charge in [-0.1, -0.05) is 0 Å². The maximum absolute atomic E-state index is 11.9. The van der Waals surface area contributed by atoms with E-state index in [0.717, 1.165) is 12.2 Å². The first-order valence-electron chi connectivity index (χ1n) is 7.46. The molecule has 1 saturated carbocycles. The van der Waals surface area contributed by atoms with Gasteiger partial charge in [-0.3, -0.25) is 0 Å². The summed E-state index contributed by atoms with van der Waals surface area (Å²) < 4.78 is 5.34. The van der Waals surface area contributed by atoms with E-state index in [-0.39, 0.29) is 18.2 Å². The molecule has 1 aliphatic rings. The molecule has 0 saturated heterocycles. The zero-order valence-corrected chi connectivity index (χ0v) is 14.0. The van der Waals surface area contributed by atoms with Gasteiger partial charge in [0.05, 0.1) is 11.2 Å². The third-order valence-electron chi connectivity index (χ3n) is 3.43. The summed E-state index contributed by atoms with van der Waals surface area (Å²) in [5, 5.41) is 8.49. The van der Waals surface area contributed by atoms with Crippen molar-refractivity contribution in [2.75, 3.05) is 6.54 Å². The molecule has 0 spiro atoms. The summed E-state index contributed by atoms with van der Waals surface area (Å²) in [5.74, 6) is 0.563. The van der Waals surface area contributed by atoms with E-state index in [1.165, 1.54) is 12.8 Å². The van der Waals surface area contributed by atoms with Gasteiger partial charge in [-0.05, 0) is 46.5 Å². The fourth-order valence-electron chi connectivity index (χ4n) is 2.14. The topological polar surface area (TPSA) is 63.2 Å². The Hall–Kier alpha value is -1.14. The number of carbonyl (C=O) groups is 1. The quantitative estimate of drug-likeness (QED) is 0.847. The van der Waals surface area contributed by atoms with Gasteiger partial charge in [0, 0.05) is 24.0 Å². The van der Waals surface area contributed by atoms with Gasteiger partial charge in [-0.2, -0.15) is 0 Å². The number of nitrogens with one attached hydrogen (secondary N) is 2. The van der Waals surface area contributed by atoms with Crippen LogP contribution in [0, 0.1) is 5.92 Å². The lowest BCUT2D eigenvalue weighted by Gasteiger charge is -2.24. The first kappa shape index (κ1) is 16.2. The van der Waals surface area contributed by atoms with Crippen molar-refractivity contribution >= 4 is 17.4 Å². The zero-order valence-electron chi connectivity index (χ0n) is 13.2. The molecule has 1 aliphatic carbocycles. The second-order valence-corrected chi connectivity index (χ2v) is 7.35. The van der Waals surface area contributed by atoms with Gasteiger partial charge in [-0.15, -0.1) is 11.3 Å². The maximum Gasteiger partial charge on any atom is 0.407 e. The standard InChI is InChI=1S/C15H25N3O2S/c1-10(13-8-21-9-17-13)16-7-12(11-5-6-11)18-14(19)20-15(2,3)4/h8-12,16H,5-7H2,1-4H3,(H,18,19). The van der Waals surface area contributed by atoms with Crippen LogP contribution in [0.3, 0.4) is 0 Å². The van der Waals surface area contributed by atoms with Crippen LogP contribution in [0.15, 0.2) is 10.9 Å². The average molecular weight is 311 g/mol. The van der Waals surface area contributed by atoms with Gasteiger partial charge in [0.1, 0.15) is 5.60 Å². The number of alkyl carbamates (subject to hydrolysis) is 1. The first-order chi connectivity index (χ1) is 9.85. The minimum absolute atomic E-state index is 0.126. The number of thiazole rings is 1. The highest BCUT2D eigenvalue weighted by molar-refractivity contribution is 7.07. The number of aromatic nitrogens is 1. The molecular weight excluding hydrogens is 286 g/mol. The van der Waals surface area contributed by atoms with Gasteiger partial charge in [0.15, 0.2) is 0 Å². The molecule has 118 valence electrons. The number of hydrogen-bond donors (Lipinski definition) is 2. The van der Waals surface area contributed by atoms with Crippen LogP contribution < -0.4 is 10.6 Å². The molecule has 5 nitrogen and oxygen atoms in total. The predicted octanol–water partition coefficient (Wildman–Crippen LogP) is 3.10. The van der Waals surface area contributed by atoms with Gasteiger partial charge in [-0.25, -0.2) is 9.78 Å². The van der Waals surface area contributed by atoms with E-state index in [4.69, 9.17) is 4.74 Å². The van der Waals surface area contributed by atoms with Crippen molar-refractivity contribution in [3.63, 3.8) is 0 Å². The Balaban J connectivity index is 1.81. The largest absolute Gasteiger partial charge is 0.444 e. The highest BCUT2D eigenvalue weighted by Crippen LogP contribution is 2.32. The van der Waals surface area contributed by atoms with E-state index in [1.54, 1.807) is 11.3 Å². The number of amides is 1. The van der Waals surface area contributed by atoms with Crippen molar-refractivity contribution in [1.29, 1.82) is 0 Å². The van der Waals surface area contributed by atoms with Gasteiger partial charge < -0.3 is 15.4 Å². The molecule has 0 radical (unpaired) electrons. The fourth-order valence-corrected chi connectivity index (χ4v) is 2.78. The van der Waals surface area contributed by atoms with Crippen LogP contribution in [0.4, 0.5) is 4.79 Å². The normalized spacial score (nSPS) is 18.1. The van der Waals surface area contributed by atoms with Crippen LogP contribution in [-0.4, -0.2) is 29.3 Å². The van der Waals surface area contributed by atoms with Gasteiger partial charge in [0.25, 0.3) is 0 Å². The molecule has 2 atom stereocenters. The van der Waals surface area contributed by atoms with Gasteiger partial charge >= 0.3 is 6.09 Å². The molecule has 1 aromatic heterocycles. The molecule has 2 unspecified atom stereocenters. The minimum Gasteiger partial charge on any atom is -0.444 e. The number of carbonyl (C=O) groups excluding carboxylic acids is 1. The molecule has 2 N–H and O–H groups in total. The average Bonchev–Trinajstić information content (AvgIpc) is 3.06. The molecule has 2 rings (SSSR count). The molecule has 1 aromatic rings. The van der Waals surface area contributed by atoms with Gasteiger partial charge in [0.2, 0.25) is 0 Å². The number of ether oxygens (including phenoxy) is 1. The molecule has 6 heteroatoms. The van der Waals surface area contributed by atoms with Crippen LogP contribution in [0.1, 0.15) is 52.3 Å².